The fraction of sp³-hybridized carbons (Fsp3) is 0.545. The molecule has 1 nitrogen and oxygen atoms in total. The Kier molecular flexibility index (Phi) is 4.57. The van der Waals surface area contributed by atoms with Gasteiger partial charge in [-0.2, -0.15) is 0 Å². The number of aliphatic imine (C=N–C) groups is 1. The summed E-state index contributed by atoms with van der Waals surface area (Å²) >= 11 is 0. The molecule has 1 aliphatic rings. The van der Waals surface area contributed by atoms with Crippen LogP contribution in [0.1, 0.15) is 33.6 Å². The third-order valence-corrected chi connectivity index (χ3v) is 2.25. The van der Waals surface area contributed by atoms with Gasteiger partial charge in [0, 0.05) is 5.70 Å². The van der Waals surface area contributed by atoms with Crippen LogP contribution in [0.25, 0.3) is 0 Å². The van der Waals surface area contributed by atoms with Gasteiger partial charge < -0.3 is 0 Å². The largest absolute Gasteiger partial charge is 0.269 e. The second-order valence-electron chi connectivity index (χ2n) is 3.18. The molecule has 0 bridgehead atoms. The molecule has 1 heteroatoms. The van der Waals surface area contributed by atoms with Gasteiger partial charge in [-0.15, -0.1) is 0 Å². The standard InChI is InChI=1S/C10H15N.CH4/c1-4-9-7-8(2)5-6-10(9)11-3;/h4,8H,1,3,5-7H2,2H3;1H4. The first kappa shape index (κ1) is 11.2. The Labute approximate surface area is 75.9 Å². The highest BCUT2D eigenvalue weighted by molar-refractivity contribution is 5.35. The third-order valence-electron chi connectivity index (χ3n) is 2.25. The molecule has 0 N–H and O–H groups in total. The topological polar surface area (TPSA) is 12.4 Å². The summed E-state index contributed by atoms with van der Waals surface area (Å²) in [5.41, 5.74) is 2.44. The first-order chi connectivity index (χ1) is 5.27. The summed E-state index contributed by atoms with van der Waals surface area (Å²) in [4.78, 5) is 3.99. The van der Waals surface area contributed by atoms with Gasteiger partial charge in [-0.05, 0) is 37.5 Å². The van der Waals surface area contributed by atoms with Gasteiger partial charge in [-0.3, -0.25) is 4.99 Å². The van der Waals surface area contributed by atoms with Crippen LogP contribution in [0, 0.1) is 5.92 Å². The van der Waals surface area contributed by atoms with E-state index in [4.69, 9.17) is 0 Å². The van der Waals surface area contributed by atoms with E-state index in [1.165, 1.54) is 12.0 Å². The molecule has 0 saturated carbocycles. The Morgan fingerprint density at radius 1 is 1.58 bits per heavy atom. The van der Waals surface area contributed by atoms with E-state index in [-0.39, 0.29) is 7.43 Å². The zero-order valence-corrected chi connectivity index (χ0v) is 7.14. The first-order valence-corrected chi connectivity index (χ1v) is 4.09. The summed E-state index contributed by atoms with van der Waals surface area (Å²) in [5.74, 6) is 0.786. The van der Waals surface area contributed by atoms with E-state index in [0.29, 0.717) is 0 Å². The molecule has 0 heterocycles. The Morgan fingerprint density at radius 2 is 2.25 bits per heavy atom. The lowest BCUT2D eigenvalue weighted by molar-refractivity contribution is 0.500. The molecule has 0 aromatic carbocycles. The van der Waals surface area contributed by atoms with Crippen molar-refractivity contribution in [1.82, 2.24) is 0 Å². The van der Waals surface area contributed by atoms with Crippen molar-refractivity contribution >= 4 is 6.72 Å². The average Bonchev–Trinajstić information content (AvgIpc) is 2.04. The van der Waals surface area contributed by atoms with E-state index < -0.39 is 0 Å². The Balaban J connectivity index is 0.00000121. The van der Waals surface area contributed by atoms with Crippen molar-refractivity contribution in [2.75, 3.05) is 0 Å². The monoisotopic (exact) mass is 165 g/mol. The van der Waals surface area contributed by atoms with Crippen LogP contribution in [0.15, 0.2) is 28.9 Å². The molecule has 12 heavy (non-hydrogen) atoms. The summed E-state index contributed by atoms with van der Waals surface area (Å²) in [5, 5.41) is 0. The van der Waals surface area contributed by atoms with Crippen LogP contribution in [0.4, 0.5) is 0 Å². The maximum Gasteiger partial charge on any atom is 0.0428 e. The summed E-state index contributed by atoms with van der Waals surface area (Å²) < 4.78 is 0. The minimum absolute atomic E-state index is 0. The van der Waals surface area contributed by atoms with Gasteiger partial charge in [-0.1, -0.05) is 27.0 Å². The number of nitrogens with zero attached hydrogens (tertiary/aromatic N) is 1. The van der Waals surface area contributed by atoms with Crippen molar-refractivity contribution in [3.05, 3.63) is 23.9 Å². The lowest BCUT2D eigenvalue weighted by Gasteiger charge is -2.20. The molecule has 1 rings (SSSR count). The molecule has 0 spiro atoms. The van der Waals surface area contributed by atoms with Crippen molar-refractivity contribution in [2.24, 2.45) is 10.9 Å². The van der Waals surface area contributed by atoms with Gasteiger partial charge in [0.15, 0.2) is 0 Å². The average molecular weight is 165 g/mol. The van der Waals surface area contributed by atoms with Gasteiger partial charge in [0.2, 0.25) is 0 Å². The highest BCUT2D eigenvalue weighted by atomic mass is 14.7. The van der Waals surface area contributed by atoms with E-state index >= 15 is 0 Å². The molecule has 1 aliphatic carbocycles. The van der Waals surface area contributed by atoms with Crippen LogP contribution < -0.4 is 0 Å². The molecule has 68 valence electrons. The summed E-state index contributed by atoms with van der Waals surface area (Å²) in [6.07, 6.45) is 5.36. The summed E-state index contributed by atoms with van der Waals surface area (Å²) in [6.45, 7) is 9.59. The van der Waals surface area contributed by atoms with Crippen LogP contribution in [-0.2, 0) is 0 Å². The highest BCUT2D eigenvalue weighted by Gasteiger charge is 2.14. The molecule has 0 aromatic heterocycles. The minimum Gasteiger partial charge on any atom is -0.269 e. The highest BCUT2D eigenvalue weighted by Crippen LogP contribution is 2.29. The van der Waals surface area contributed by atoms with E-state index in [2.05, 4.69) is 25.2 Å². The van der Waals surface area contributed by atoms with Gasteiger partial charge in [0.1, 0.15) is 0 Å². The fourth-order valence-corrected chi connectivity index (χ4v) is 1.52. The fourth-order valence-electron chi connectivity index (χ4n) is 1.52. The normalized spacial score (nSPS) is 22.9. The van der Waals surface area contributed by atoms with Crippen molar-refractivity contribution in [3.8, 4) is 0 Å². The molecule has 1 atom stereocenters. The van der Waals surface area contributed by atoms with Crippen molar-refractivity contribution < 1.29 is 0 Å². The lowest BCUT2D eigenvalue weighted by Crippen LogP contribution is -2.05. The van der Waals surface area contributed by atoms with Crippen LogP contribution in [0.5, 0.6) is 0 Å². The second kappa shape index (κ2) is 4.91. The predicted octanol–water partition coefficient (Wildman–Crippen LogP) is 3.58. The molecular formula is C11H19N. The number of allylic oxidation sites excluding steroid dienone is 3. The van der Waals surface area contributed by atoms with Gasteiger partial charge >= 0.3 is 0 Å². The van der Waals surface area contributed by atoms with Gasteiger partial charge in [0.25, 0.3) is 0 Å². The van der Waals surface area contributed by atoms with E-state index in [9.17, 15) is 0 Å². The maximum atomic E-state index is 3.99. The summed E-state index contributed by atoms with van der Waals surface area (Å²) in [6, 6.07) is 0. The SMILES string of the molecule is C.C=CC1=C(N=C)CCC(C)C1. The van der Waals surface area contributed by atoms with Crippen LogP contribution in [0.3, 0.4) is 0 Å². The quantitative estimate of drug-likeness (QED) is 0.554. The minimum atomic E-state index is 0. The second-order valence-corrected chi connectivity index (χ2v) is 3.18. The maximum absolute atomic E-state index is 3.99. The molecule has 0 radical (unpaired) electrons. The van der Waals surface area contributed by atoms with Gasteiger partial charge in [0.05, 0.1) is 0 Å². The number of rotatable bonds is 2. The first-order valence-electron chi connectivity index (χ1n) is 4.09. The smallest absolute Gasteiger partial charge is 0.0428 e. The molecule has 1 unspecified atom stereocenters. The molecule has 0 aliphatic heterocycles. The van der Waals surface area contributed by atoms with Crippen molar-refractivity contribution in [1.29, 1.82) is 0 Å². The molecule has 0 amide bonds. The third kappa shape index (κ3) is 2.33. The molecule has 0 aromatic rings. The van der Waals surface area contributed by atoms with Crippen molar-refractivity contribution in [3.63, 3.8) is 0 Å². The van der Waals surface area contributed by atoms with Crippen LogP contribution >= 0.6 is 0 Å². The Morgan fingerprint density at radius 3 is 2.75 bits per heavy atom. The van der Waals surface area contributed by atoms with Crippen molar-refractivity contribution in [2.45, 2.75) is 33.6 Å². The zero-order valence-electron chi connectivity index (χ0n) is 7.14. The molecular weight excluding hydrogens is 146 g/mol. The Hall–Kier alpha value is -0.850. The lowest BCUT2D eigenvalue weighted by atomic mass is 9.88. The van der Waals surface area contributed by atoms with Gasteiger partial charge in [-0.25, -0.2) is 0 Å². The van der Waals surface area contributed by atoms with E-state index in [0.717, 1.165) is 24.5 Å². The van der Waals surface area contributed by atoms with Crippen LogP contribution in [-0.4, -0.2) is 6.72 Å². The molecule has 0 saturated heterocycles. The van der Waals surface area contributed by atoms with E-state index in [1.807, 2.05) is 6.08 Å². The number of hydrogen-bond donors (Lipinski definition) is 0. The Bertz CT molecular complexity index is 201. The summed E-state index contributed by atoms with van der Waals surface area (Å²) in [7, 11) is 0. The zero-order chi connectivity index (χ0) is 8.27. The van der Waals surface area contributed by atoms with E-state index in [1.54, 1.807) is 0 Å². The number of hydrogen-bond acceptors (Lipinski definition) is 1. The molecule has 0 fully saturated rings. The van der Waals surface area contributed by atoms with Crippen LogP contribution in [0.2, 0.25) is 0 Å². The predicted molar refractivity (Wildman–Crippen MR) is 56.5 cm³/mol.